The molecule has 3 heterocycles. The lowest BCUT2D eigenvalue weighted by molar-refractivity contribution is 0.204. The van der Waals surface area contributed by atoms with Gasteiger partial charge in [-0.25, -0.2) is 0 Å². The van der Waals surface area contributed by atoms with Gasteiger partial charge in [-0.2, -0.15) is 9.97 Å². The highest BCUT2D eigenvalue weighted by atomic mass is 32.1. The summed E-state index contributed by atoms with van der Waals surface area (Å²) in [4.78, 5) is 14.3. The number of piperidine rings is 2. The van der Waals surface area contributed by atoms with Crippen LogP contribution in [0, 0.1) is 0 Å². The van der Waals surface area contributed by atoms with E-state index < -0.39 is 0 Å². The zero-order valence-electron chi connectivity index (χ0n) is 16.5. The quantitative estimate of drug-likeness (QED) is 0.566. The number of hydrogen-bond acceptors (Lipinski definition) is 6. The van der Waals surface area contributed by atoms with Crippen LogP contribution in [0.4, 0.5) is 17.6 Å². The number of nitrogens with one attached hydrogen (secondary N) is 2. The fourth-order valence-electron chi connectivity index (χ4n) is 3.76. The molecule has 0 amide bonds. The highest BCUT2D eigenvalue weighted by molar-refractivity contribution is 7.80. The Balaban J connectivity index is 1.80. The summed E-state index contributed by atoms with van der Waals surface area (Å²) < 4.78 is 5.06. The summed E-state index contributed by atoms with van der Waals surface area (Å²) in [5.74, 6) is 2.57. The molecule has 0 aromatic carbocycles. The van der Waals surface area contributed by atoms with Gasteiger partial charge >= 0.3 is 0 Å². The maximum atomic E-state index is 5.39. The molecule has 0 aliphatic carbocycles. The molecule has 1 unspecified atom stereocenters. The SMILES string of the molecule is COCCNC(=S)Nc1nc(N2CCCCC2)cc(N2CCCCC2C)n1. The topological polar surface area (TPSA) is 65.6 Å². The number of ether oxygens (including phenoxy) is 1. The van der Waals surface area contributed by atoms with Crippen molar-refractivity contribution in [3.8, 4) is 0 Å². The van der Waals surface area contributed by atoms with Crippen LogP contribution in [0.1, 0.15) is 45.4 Å². The predicted octanol–water partition coefficient (Wildman–Crippen LogP) is 2.78. The fraction of sp³-hybridized carbons (Fsp3) is 0.737. The van der Waals surface area contributed by atoms with E-state index in [0.29, 0.717) is 30.3 Å². The first-order valence-corrected chi connectivity index (χ1v) is 10.5. The molecule has 2 aliphatic heterocycles. The van der Waals surface area contributed by atoms with Gasteiger partial charge in [-0.15, -0.1) is 0 Å². The van der Waals surface area contributed by atoms with E-state index >= 15 is 0 Å². The second kappa shape index (κ2) is 10.0. The predicted molar refractivity (Wildman–Crippen MR) is 115 cm³/mol. The number of methoxy groups -OCH3 is 1. The van der Waals surface area contributed by atoms with Crippen LogP contribution < -0.4 is 20.4 Å². The van der Waals surface area contributed by atoms with Crippen molar-refractivity contribution in [2.24, 2.45) is 0 Å². The second-order valence-electron chi connectivity index (χ2n) is 7.37. The van der Waals surface area contributed by atoms with Crippen LogP contribution in [0.15, 0.2) is 6.07 Å². The molecular formula is C19H32N6OS. The maximum Gasteiger partial charge on any atom is 0.232 e. The van der Waals surface area contributed by atoms with E-state index in [9.17, 15) is 0 Å². The molecule has 0 saturated carbocycles. The standard InChI is InChI=1S/C19H32N6OS/c1-15-8-4-7-12-25(15)17-14-16(24-10-5-3-6-11-24)21-18(22-17)23-19(27)20-9-13-26-2/h14-15H,3-13H2,1-2H3,(H2,20,21,22,23,27). The summed E-state index contributed by atoms with van der Waals surface area (Å²) in [7, 11) is 1.68. The highest BCUT2D eigenvalue weighted by Gasteiger charge is 2.23. The summed E-state index contributed by atoms with van der Waals surface area (Å²) in [5, 5.41) is 6.82. The third-order valence-corrected chi connectivity index (χ3v) is 5.54. The van der Waals surface area contributed by atoms with Crippen LogP contribution in [0.25, 0.3) is 0 Å². The minimum absolute atomic E-state index is 0.502. The minimum Gasteiger partial charge on any atom is -0.383 e. The van der Waals surface area contributed by atoms with E-state index in [0.717, 1.165) is 31.3 Å². The normalized spacial score (nSPS) is 20.4. The molecule has 0 bridgehead atoms. The van der Waals surface area contributed by atoms with E-state index in [1.165, 1.54) is 38.5 Å². The van der Waals surface area contributed by atoms with E-state index in [2.05, 4.69) is 33.4 Å². The lowest BCUT2D eigenvalue weighted by Crippen LogP contribution is -2.39. The molecule has 0 spiro atoms. The first-order chi connectivity index (χ1) is 13.2. The summed E-state index contributed by atoms with van der Waals surface area (Å²) in [5.41, 5.74) is 0. The van der Waals surface area contributed by atoms with Crippen molar-refractivity contribution in [3.05, 3.63) is 6.07 Å². The molecule has 7 nitrogen and oxygen atoms in total. The number of nitrogens with zero attached hydrogens (tertiary/aromatic N) is 4. The Morgan fingerprint density at radius 3 is 2.63 bits per heavy atom. The Bertz CT molecular complexity index is 622. The van der Waals surface area contributed by atoms with Crippen molar-refractivity contribution in [3.63, 3.8) is 0 Å². The fourth-order valence-corrected chi connectivity index (χ4v) is 3.95. The molecule has 2 N–H and O–H groups in total. The lowest BCUT2D eigenvalue weighted by Gasteiger charge is -2.35. The molecule has 3 rings (SSSR count). The number of hydrogen-bond donors (Lipinski definition) is 2. The van der Waals surface area contributed by atoms with E-state index in [1.54, 1.807) is 7.11 Å². The van der Waals surface area contributed by atoms with Gasteiger partial charge in [0.1, 0.15) is 11.6 Å². The van der Waals surface area contributed by atoms with Crippen LogP contribution in [-0.4, -0.2) is 61.0 Å². The van der Waals surface area contributed by atoms with Crippen LogP contribution in [0.5, 0.6) is 0 Å². The smallest absolute Gasteiger partial charge is 0.232 e. The van der Waals surface area contributed by atoms with Gasteiger partial charge in [-0.3, -0.25) is 0 Å². The maximum absolute atomic E-state index is 5.39. The van der Waals surface area contributed by atoms with Crippen molar-refractivity contribution in [1.82, 2.24) is 15.3 Å². The van der Waals surface area contributed by atoms with Gasteiger partial charge in [0, 0.05) is 45.4 Å². The van der Waals surface area contributed by atoms with Gasteiger partial charge in [0.2, 0.25) is 5.95 Å². The zero-order valence-corrected chi connectivity index (χ0v) is 17.4. The van der Waals surface area contributed by atoms with Crippen molar-refractivity contribution >= 4 is 34.9 Å². The average molecular weight is 393 g/mol. The molecule has 27 heavy (non-hydrogen) atoms. The molecule has 1 aromatic rings. The summed E-state index contributed by atoms with van der Waals surface area (Å²) in [6.45, 7) is 6.71. The van der Waals surface area contributed by atoms with Crippen molar-refractivity contribution < 1.29 is 4.74 Å². The molecule has 2 fully saturated rings. The summed E-state index contributed by atoms with van der Waals surface area (Å²) in [6.07, 6.45) is 7.46. The van der Waals surface area contributed by atoms with Gasteiger partial charge in [0.15, 0.2) is 5.11 Å². The van der Waals surface area contributed by atoms with Crippen LogP contribution in [0.2, 0.25) is 0 Å². The Morgan fingerprint density at radius 1 is 1.15 bits per heavy atom. The van der Waals surface area contributed by atoms with Crippen molar-refractivity contribution in [2.45, 2.75) is 51.5 Å². The van der Waals surface area contributed by atoms with Gasteiger partial charge in [0.25, 0.3) is 0 Å². The van der Waals surface area contributed by atoms with Crippen molar-refractivity contribution in [1.29, 1.82) is 0 Å². The molecule has 150 valence electrons. The molecule has 8 heteroatoms. The van der Waals surface area contributed by atoms with E-state index in [-0.39, 0.29) is 0 Å². The van der Waals surface area contributed by atoms with Crippen LogP contribution >= 0.6 is 12.2 Å². The average Bonchev–Trinajstić information content (AvgIpc) is 2.69. The third-order valence-electron chi connectivity index (χ3n) is 5.29. The van der Waals surface area contributed by atoms with E-state index in [4.69, 9.17) is 26.9 Å². The third kappa shape index (κ3) is 5.65. The Labute approximate surface area is 167 Å². The molecule has 1 atom stereocenters. The van der Waals surface area contributed by atoms with Gasteiger partial charge in [-0.1, -0.05) is 0 Å². The van der Waals surface area contributed by atoms with E-state index in [1.807, 2.05) is 0 Å². The zero-order chi connectivity index (χ0) is 19.1. The molecular weight excluding hydrogens is 360 g/mol. The van der Waals surface area contributed by atoms with Crippen LogP contribution in [0.3, 0.4) is 0 Å². The Hall–Kier alpha value is -1.67. The number of rotatable bonds is 6. The van der Waals surface area contributed by atoms with Gasteiger partial charge < -0.3 is 25.2 Å². The largest absolute Gasteiger partial charge is 0.383 e. The number of anilines is 3. The molecule has 2 saturated heterocycles. The van der Waals surface area contributed by atoms with Crippen molar-refractivity contribution in [2.75, 3.05) is 55.0 Å². The first kappa shape index (κ1) is 20.1. The summed E-state index contributed by atoms with van der Waals surface area (Å²) >= 11 is 5.39. The Morgan fingerprint density at radius 2 is 1.89 bits per heavy atom. The number of aromatic nitrogens is 2. The molecule has 0 radical (unpaired) electrons. The monoisotopic (exact) mass is 392 g/mol. The second-order valence-corrected chi connectivity index (χ2v) is 7.78. The van der Waals surface area contributed by atoms with Gasteiger partial charge in [0.05, 0.1) is 6.61 Å². The minimum atomic E-state index is 0.502. The molecule has 2 aliphatic rings. The van der Waals surface area contributed by atoms with Crippen LogP contribution in [-0.2, 0) is 4.74 Å². The first-order valence-electron chi connectivity index (χ1n) is 10.1. The highest BCUT2D eigenvalue weighted by Crippen LogP contribution is 2.28. The summed E-state index contributed by atoms with van der Waals surface area (Å²) in [6, 6.07) is 2.65. The number of thiocarbonyl (C=S) groups is 1. The van der Waals surface area contributed by atoms with Gasteiger partial charge in [-0.05, 0) is 57.7 Å². The Kier molecular flexibility index (Phi) is 7.46. The molecule has 1 aromatic heterocycles. The lowest BCUT2D eigenvalue weighted by atomic mass is 10.0.